The summed E-state index contributed by atoms with van der Waals surface area (Å²) in [5.41, 5.74) is 2.19. The molecule has 15 heavy (non-hydrogen) atoms. The van der Waals surface area contributed by atoms with Gasteiger partial charge in [-0.25, -0.2) is 13.6 Å². The van der Waals surface area contributed by atoms with Crippen LogP contribution in [0.4, 0.5) is 0 Å². The third kappa shape index (κ3) is 4.87. The maximum Gasteiger partial charge on any atom is 0.210 e. The Hall–Kier alpha value is -0.980. The fourth-order valence-corrected chi connectivity index (χ4v) is 1.55. The Balaban J connectivity index is 2.36. The Bertz CT molecular complexity index is 417. The molecule has 5 nitrogen and oxygen atoms in total. The van der Waals surface area contributed by atoms with Crippen LogP contribution in [0, 0.1) is 6.92 Å². The van der Waals surface area contributed by atoms with Crippen LogP contribution >= 0.6 is 0 Å². The summed E-state index contributed by atoms with van der Waals surface area (Å²) >= 11 is 0. The minimum absolute atomic E-state index is 0.0493. The van der Waals surface area contributed by atoms with Gasteiger partial charge < -0.3 is 5.32 Å². The number of primary sulfonamides is 1. The van der Waals surface area contributed by atoms with Crippen molar-refractivity contribution in [3.63, 3.8) is 0 Å². The van der Waals surface area contributed by atoms with Gasteiger partial charge in [-0.05, 0) is 24.1 Å². The molecule has 1 aromatic rings. The normalized spacial score (nSPS) is 11.6. The van der Waals surface area contributed by atoms with Crippen molar-refractivity contribution in [1.82, 2.24) is 10.3 Å². The molecular formula is C9H15N3O2S. The molecular weight excluding hydrogens is 214 g/mol. The molecule has 0 aromatic carbocycles. The van der Waals surface area contributed by atoms with Crippen molar-refractivity contribution < 1.29 is 8.42 Å². The summed E-state index contributed by atoms with van der Waals surface area (Å²) in [4.78, 5) is 3.99. The van der Waals surface area contributed by atoms with E-state index >= 15 is 0 Å². The molecule has 0 saturated heterocycles. The zero-order chi connectivity index (χ0) is 11.3. The molecule has 0 aliphatic heterocycles. The SMILES string of the molecule is Cc1ccncc1CNCCS(N)(=O)=O. The molecule has 0 fully saturated rings. The number of hydrogen-bond donors (Lipinski definition) is 2. The number of pyridine rings is 1. The van der Waals surface area contributed by atoms with Crippen molar-refractivity contribution in [2.24, 2.45) is 5.14 Å². The third-order valence-electron chi connectivity index (χ3n) is 2.03. The van der Waals surface area contributed by atoms with E-state index in [4.69, 9.17) is 5.14 Å². The van der Waals surface area contributed by atoms with Gasteiger partial charge in [-0.2, -0.15) is 0 Å². The molecule has 1 heterocycles. The van der Waals surface area contributed by atoms with Gasteiger partial charge >= 0.3 is 0 Å². The second-order valence-electron chi connectivity index (χ2n) is 3.35. The third-order valence-corrected chi connectivity index (χ3v) is 2.80. The lowest BCUT2D eigenvalue weighted by Crippen LogP contribution is -2.27. The van der Waals surface area contributed by atoms with E-state index in [2.05, 4.69) is 10.3 Å². The van der Waals surface area contributed by atoms with Crippen LogP contribution in [0.15, 0.2) is 18.5 Å². The van der Waals surface area contributed by atoms with Gasteiger partial charge in [0.1, 0.15) is 0 Å². The van der Waals surface area contributed by atoms with E-state index in [1.165, 1.54) is 0 Å². The molecule has 0 aliphatic rings. The van der Waals surface area contributed by atoms with Crippen molar-refractivity contribution >= 4 is 10.0 Å². The second kappa shape index (κ2) is 5.20. The van der Waals surface area contributed by atoms with Gasteiger partial charge in [0.05, 0.1) is 5.75 Å². The molecule has 0 bridgehead atoms. The van der Waals surface area contributed by atoms with Crippen molar-refractivity contribution in [2.45, 2.75) is 13.5 Å². The largest absolute Gasteiger partial charge is 0.312 e. The highest BCUT2D eigenvalue weighted by atomic mass is 32.2. The lowest BCUT2D eigenvalue weighted by atomic mass is 10.2. The highest BCUT2D eigenvalue weighted by Gasteiger charge is 2.02. The standard InChI is InChI=1S/C9H15N3O2S/c1-8-2-3-11-6-9(8)7-12-4-5-15(10,13)14/h2-3,6,12H,4-5,7H2,1H3,(H2,10,13,14). The zero-order valence-electron chi connectivity index (χ0n) is 8.60. The van der Waals surface area contributed by atoms with Gasteiger partial charge in [-0.3, -0.25) is 4.98 Å². The molecule has 1 aromatic heterocycles. The fraction of sp³-hybridized carbons (Fsp3) is 0.444. The Kier molecular flexibility index (Phi) is 4.19. The van der Waals surface area contributed by atoms with Crippen LogP contribution in [0.25, 0.3) is 0 Å². The monoisotopic (exact) mass is 229 g/mol. The van der Waals surface area contributed by atoms with Gasteiger partial charge in [0.15, 0.2) is 0 Å². The van der Waals surface area contributed by atoms with Crippen molar-refractivity contribution in [3.8, 4) is 0 Å². The molecule has 0 radical (unpaired) electrons. The van der Waals surface area contributed by atoms with Crippen LogP contribution in [0.1, 0.15) is 11.1 Å². The van der Waals surface area contributed by atoms with Crippen LogP contribution in [-0.2, 0) is 16.6 Å². The van der Waals surface area contributed by atoms with Crippen LogP contribution in [0.2, 0.25) is 0 Å². The van der Waals surface area contributed by atoms with Crippen molar-refractivity contribution in [3.05, 3.63) is 29.6 Å². The molecule has 0 spiro atoms. The van der Waals surface area contributed by atoms with E-state index in [-0.39, 0.29) is 5.75 Å². The molecule has 6 heteroatoms. The summed E-state index contributed by atoms with van der Waals surface area (Å²) in [6, 6.07) is 1.91. The molecule has 84 valence electrons. The maximum atomic E-state index is 10.6. The van der Waals surface area contributed by atoms with Crippen molar-refractivity contribution in [2.75, 3.05) is 12.3 Å². The van der Waals surface area contributed by atoms with Gasteiger partial charge in [-0.15, -0.1) is 0 Å². The highest BCUT2D eigenvalue weighted by molar-refractivity contribution is 7.89. The first kappa shape index (κ1) is 12.1. The van der Waals surface area contributed by atoms with Crippen LogP contribution in [-0.4, -0.2) is 25.7 Å². The van der Waals surface area contributed by atoms with Gasteiger partial charge in [0.2, 0.25) is 10.0 Å². The van der Waals surface area contributed by atoms with E-state index in [0.717, 1.165) is 11.1 Å². The molecule has 0 atom stereocenters. The number of hydrogen-bond acceptors (Lipinski definition) is 4. The summed E-state index contributed by atoms with van der Waals surface area (Å²) in [6.45, 7) is 2.95. The van der Waals surface area contributed by atoms with Gasteiger partial charge in [-0.1, -0.05) is 0 Å². The second-order valence-corrected chi connectivity index (χ2v) is 5.08. The summed E-state index contributed by atoms with van der Waals surface area (Å²) in [7, 11) is -3.37. The lowest BCUT2D eigenvalue weighted by molar-refractivity contribution is 0.592. The van der Waals surface area contributed by atoms with Gasteiger partial charge in [0.25, 0.3) is 0 Å². The lowest BCUT2D eigenvalue weighted by Gasteiger charge is -2.05. The molecule has 0 aliphatic carbocycles. The fourth-order valence-electron chi connectivity index (χ4n) is 1.12. The van der Waals surface area contributed by atoms with E-state index < -0.39 is 10.0 Å². The smallest absolute Gasteiger partial charge is 0.210 e. The number of sulfonamides is 1. The number of nitrogens with two attached hydrogens (primary N) is 1. The van der Waals surface area contributed by atoms with Gasteiger partial charge in [0, 0.05) is 25.5 Å². The van der Waals surface area contributed by atoms with E-state index in [1.54, 1.807) is 12.4 Å². The Morgan fingerprint density at radius 2 is 2.27 bits per heavy atom. The van der Waals surface area contributed by atoms with Crippen LogP contribution in [0.5, 0.6) is 0 Å². The first-order chi connectivity index (χ1) is 6.99. The van der Waals surface area contributed by atoms with Crippen molar-refractivity contribution in [1.29, 1.82) is 0 Å². The minimum atomic E-state index is -3.37. The predicted molar refractivity (Wildman–Crippen MR) is 58.7 cm³/mol. The minimum Gasteiger partial charge on any atom is -0.312 e. The molecule has 0 unspecified atom stereocenters. The number of aromatic nitrogens is 1. The molecule has 0 saturated carbocycles. The maximum absolute atomic E-state index is 10.6. The summed E-state index contributed by atoms with van der Waals surface area (Å²) < 4.78 is 21.3. The average Bonchev–Trinajstić information content (AvgIpc) is 2.13. The first-order valence-electron chi connectivity index (χ1n) is 4.60. The Morgan fingerprint density at radius 1 is 1.53 bits per heavy atom. The first-order valence-corrected chi connectivity index (χ1v) is 6.31. The summed E-state index contributed by atoms with van der Waals surface area (Å²) in [6.07, 6.45) is 3.49. The number of nitrogens with one attached hydrogen (secondary N) is 1. The number of nitrogens with zero attached hydrogens (tertiary/aromatic N) is 1. The molecule has 1 rings (SSSR count). The number of rotatable bonds is 5. The molecule has 0 amide bonds. The zero-order valence-corrected chi connectivity index (χ0v) is 9.42. The topological polar surface area (TPSA) is 85.1 Å². The van der Waals surface area contributed by atoms with Crippen LogP contribution in [0.3, 0.4) is 0 Å². The highest BCUT2D eigenvalue weighted by Crippen LogP contribution is 2.03. The summed E-state index contributed by atoms with van der Waals surface area (Å²) in [5.74, 6) is -0.0493. The quantitative estimate of drug-likeness (QED) is 0.683. The molecule has 3 N–H and O–H groups in total. The predicted octanol–water partition coefficient (Wildman–Crippen LogP) is -0.232. The summed E-state index contributed by atoms with van der Waals surface area (Å²) in [5, 5.41) is 7.86. The average molecular weight is 229 g/mol. The Morgan fingerprint density at radius 3 is 2.87 bits per heavy atom. The van der Waals surface area contributed by atoms with E-state index in [0.29, 0.717) is 13.1 Å². The Labute approximate surface area is 89.8 Å². The number of aryl methyl sites for hydroxylation is 1. The van der Waals surface area contributed by atoms with Crippen LogP contribution < -0.4 is 10.5 Å². The van der Waals surface area contributed by atoms with E-state index in [1.807, 2.05) is 13.0 Å². The van der Waals surface area contributed by atoms with E-state index in [9.17, 15) is 8.42 Å².